The number of halogens is 3. The van der Waals surface area contributed by atoms with Gasteiger partial charge in [-0.25, -0.2) is 14.4 Å². The Hall–Kier alpha value is -1.000. The molecular weight excluding hydrogens is 294 g/mol. The van der Waals surface area contributed by atoms with E-state index in [0.29, 0.717) is 27.4 Å². The normalized spacial score (nSPS) is 10.4. The Labute approximate surface area is 106 Å². The number of nitrogens with zero attached hydrogens (tertiary/aromatic N) is 2. The molecule has 0 unspecified atom stereocenters. The van der Waals surface area contributed by atoms with Crippen LogP contribution in [-0.2, 0) is 6.42 Å². The highest BCUT2D eigenvalue weighted by Gasteiger charge is 2.06. The smallest absolute Gasteiger partial charge is 0.146 e. The zero-order valence-electron chi connectivity index (χ0n) is 8.12. The van der Waals surface area contributed by atoms with Crippen molar-refractivity contribution in [2.75, 3.05) is 0 Å². The molecule has 0 spiro atoms. The van der Waals surface area contributed by atoms with E-state index < -0.39 is 0 Å². The van der Waals surface area contributed by atoms with Gasteiger partial charge in [-0.15, -0.1) is 0 Å². The van der Waals surface area contributed by atoms with Crippen molar-refractivity contribution in [2.24, 2.45) is 0 Å². The molecule has 2 aromatic rings. The van der Waals surface area contributed by atoms with Crippen LogP contribution in [-0.4, -0.2) is 9.97 Å². The van der Waals surface area contributed by atoms with Gasteiger partial charge < -0.3 is 0 Å². The maximum Gasteiger partial charge on any atom is 0.146 e. The number of rotatable bonds is 2. The van der Waals surface area contributed by atoms with Crippen LogP contribution in [0.15, 0.2) is 34.9 Å². The summed E-state index contributed by atoms with van der Waals surface area (Å²) < 4.78 is 14.0. The van der Waals surface area contributed by atoms with E-state index in [9.17, 15) is 4.39 Å². The molecule has 0 atom stereocenters. The van der Waals surface area contributed by atoms with Crippen molar-refractivity contribution in [2.45, 2.75) is 6.42 Å². The Morgan fingerprint density at radius 2 is 2.06 bits per heavy atom. The molecule has 1 heterocycles. The second-order valence-corrected chi connectivity index (χ2v) is 4.41. The van der Waals surface area contributed by atoms with Gasteiger partial charge in [0.15, 0.2) is 0 Å². The van der Waals surface area contributed by atoms with Gasteiger partial charge in [-0.1, -0.05) is 29.8 Å². The standard InChI is InChI=1S/C11H7BrClFN2/c12-8-6-15-10(16-11(8)13)5-7-3-1-2-4-9(7)14/h1-4,6H,5H2. The van der Waals surface area contributed by atoms with Crippen molar-refractivity contribution in [3.05, 3.63) is 57.3 Å². The molecule has 0 bridgehead atoms. The van der Waals surface area contributed by atoms with E-state index in [0.717, 1.165) is 0 Å². The van der Waals surface area contributed by atoms with E-state index in [-0.39, 0.29) is 5.82 Å². The summed E-state index contributed by atoms with van der Waals surface area (Å²) in [6.45, 7) is 0. The molecule has 82 valence electrons. The summed E-state index contributed by atoms with van der Waals surface area (Å²) in [4.78, 5) is 8.12. The first-order valence-electron chi connectivity index (χ1n) is 4.57. The summed E-state index contributed by atoms with van der Waals surface area (Å²) in [5.74, 6) is 0.239. The highest BCUT2D eigenvalue weighted by atomic mass is 79.9. The fourth-order valence-corrected chi connectivity index (χ4v) is 1.61. The van der Waals surface area contributed by atoms with Gasteiger partial charge in [-0.05, 0) is 27.6 Å². The Morgan fingerprint density at radius 1 is 1.31 bits per heavy atom. The van der Waals surface area contributed by atoms with Crippen LogP contribution in [0.25, 0.3) is 0 Å². The van der Waals surface area contributed by atoms with E-state index in [2.05, 4.69) is 25.9 Å². The Morgan fingerprint density at radius 3 is 2.75 bits per heavy atom. The molecule has 2 nitrogen and oxygen atoms in total. The topological polar surface area (TPSA) is 25.8 Å². The molecule has 0 aliphatic rings. The van der Waals surface area contributed by atoms with Crippen LogP contribution in [0, 0.1) is 5.82 Å². The van der Waals surface area contributed by atoms with Crippen molar-refractivity contribution < 1.29 is 4.39 Å². The highest BCUT2D eigenvalue weighted by molar-refractivity contribution is 9.10. The van der Waals surface area contributed by atoms with Crippen LogP contribution in [0.3, 0.4) is 0 Å². The van der Waals surface area contributed by atoms with Crippen LogP contribution in [0.5, 0.6) is 0 Å². The fraction of sp³-hybridized carbons (Fsp3) is 0.0909. The summed E-state index contributed by atoms with van der Waals surface area (Å²) in [5.41, 5.74) is 0.556. The molecule has 16 heavy (non-hydrogen) atoms. The summed E-state index contributed by atoms with van der Waals surface area (Å²) in [5, 5.41) is 0.335. The number of hydrogen-bond acceptors (Lipinski definition) is 2. The maximum atomic E-state index is 13.4. The van der Waals surface area contributed by atoms with Crippen LogP contribution in [0.2, 0.25) is 5.15 Å². The van der Waals surface area contributed by atoms with E-state index >= 15 is 0 Å². The molecule has 2 rings (SSSR count). The lowest BCUT2D eigenvalue weighted by Gasteiger charge is -2.02. The molecule has 0 amide bonds. The summed E-state index contributed by atoms with van der Waals surface area (Å²) in [6.07, 6.45) is 1.89. The molecule has 5 heteroatoms. The fourth-order valence-electron chi connectivity index (χ4n) is 1.28. The third kappa shape index (κ3) is 2.57. The molecule has 0 saturated heterocycles. The lowest BCUT2D eigenvalue weighted by atomic mass is 10.1. The number of hydrogen-bond donors (Lipinski definition) is 0. The largest absolute Gasteiger partial charge is 0.240 e. The maximum absolute atomic E-state index is 13.4. The average molecular weight is 302 g/mol. The first-order chi connectivity index (χ1) is 7.66. The molecule has 0 aliphatic heterocycles. The lowest BCUT2D eigenvalue weighted by Crippen LogP contribution is -1.98. The van der Waals surface area contributed by atoms with Gasteiger partial charge in [0.2, 0.25) is 0 Å². The van der Waals surface area contributed by atoms with E-state index in [4.69, 9.17) is 11.6 Å². The van der Waals surface area contributed by atoms with Gasteiger partial charge in [-0.2, -0.15) is 0 Å². The van der Waals surface area contributed by atoms with E-state index in [1.54, 1.807) is 24.4 Å². The van der Waals surface area contributed by atoms with Gasteiger partial charge in [-0.3, -0.25) is 0 Å². The summed E-state index contributed by atoms with van der Waals surface area (Å²) in [7, 11) is 0. The average Bonchev–Trinajstić information content (AvgIpc) is 2.27. The molecule has 1 aromatic carbocycles. The first kappa shape index (κ1) is 11.5. The summed E-state index contributed by atoms with van der Waals surface area (Å²) in [6, 6.07) is 6.54. The second kappa shape index (κ2) is 4.89. The minimum Gasteiger partial charge on any atom is -0.240 e. The van der Waals surface area contributed by atoms with Crippen LogP contribution < -0.4 is 0 Å². The molecular formula is C11H7BrClFN2. The zero-order valence-corrected chi connectivity index (χ0v) is 10.5. The minimum atomic E-state index is -0.259. The van der Waals surface area contributed by atoms with Gasteiger partial charge in [0.1, 0.15) is 16.8 Å². The van der Waals surface area contributed by atoms with Crippen molar-refractivity contribution in [1.29, 1.82) is 0 Å². The highest BCUT2D eigenvalue weighted by Crippen LogP contribution is 2.19. The molecule has 0 aliphatic carbocycles. The van der Waals surface area contributed by atoms with Crippen molar-refractivity contribution in [3.63, 3.8) is 0 Å². The number of aromatic nitrogens is 2. The quantitative estimate of drug-likeness (QED) is 0.792. The van der Waals surface area contributed by atoms with Gasteiger partial charge >= 0.3 is 0 Å². The summed E-state index contributed by atoms with van der Waals surface area (Å²) >= 11 is 9.03. The molecule has 0 N–H and O–H groups in total. The Bertz CT molecular complexity index is 519. The third-order valence-corrected chi connectivity index (χ3v) is 3.15. The predicted molar refractivity (Wildman–Crippen MR) is 63.9 cm³/mol. The van der Waals surface area contributed by atoms with Gasteiger partial charge in [0.25, 0.3) is 0 Å². The first-order valence-corrected chi connectivity index (χ1v) is 5.74. The predicted octanol–water partition coefficient (Wildman–Crippen LogP) is 3.62. The number of benzene rings is 1. The van der Waals surface area contributed by atoms with Gasteiger partial charge in [0, 0.05) is 12.6 Å². The lowest BCUT2D eigenvalue weighted by molar-refractivity contribution is 0.612. The minimum absolute atomic E-state index is 0.259. The Balaban J connectivity index is 2.28. The van der Waals surface area contributed by atoms with E-state index in [1.807, 2.05) is 0 Å². The van der Waals surface area contributed by atoms with Crippen LogP contribution in [0.1, 0.15) is 11.4 Å². The van der Waals surface area contributed by atoms with Crippen LogP contribution >= 0.6 is 27.5 Å². The third-order valence-electron chi connectivity index (χ3n) is 2.06. The molecule has 0 saturated carbocycles. The molecule has 0 fully saturated rings. The van der Waals surface area contributed by atoms with Crippen molar-refractivity contribution in [3.8, 4) is 0 Å². The van der Waals surface area contributed by atoms with Crippen molar-refractivity contribution in [1.82, 2.24) is 9.97 Å². The Kier molecular flexibility index (Phi) is 3.51. The SMILES string of the molecule is Fc1ccccc1Cc1ncc(Br)c(Cl)n1. The van der Waals surface area contributed by atoms with Crippen LogP contribution in [0.4, 0.5) is 4.39 Å². The van der Waals surface area contributed by atoms with E-state index in [1.165, 1.54) is 6.07 Å². The monoisotopic (exact) mass is 300 g/mol. The zero-order chi connectivity index (χ0) is 11.5. The second-order valence-electron chi connectivity index (χ2n) is 3.19. The molecule has 1 aromatic heterocycles. The molecule has 0 radical (unpaired) electrons. The van der Waals surface area contributed by atoms with Gasteiger partial charge in [0.05, 0.1) is 4.47 Å². The van der Waals surface area contributed by atoms with Crippen molar-refractivity contribution >= 4 is 27.5 Å².